The summed E-state index contributed by atoms with van der Waals surface area (Å²) in [6, 6.07) is 8.21. The van der Waals surface area contributed by atoms with Crippen molar-refractivity contribution < 1.29 is 0 Å². The van der Waals surface area contributed by atoms with Crippen LogP contribution in [0.3, 0.4) is 0 Å². The lowest BCUT2D eigenvalue weighted by molar-refractivity contribution is 0.714. The van der Waals surface area contributed by atoms with Crippen LogP contribution in [0, 0.1) is 0 Å². The van der Waals surface area contributed by atoms with Gasteiger partial charge < -0.3 is 5.32 Å². The molecule has 0 bridgehead atoms. The van der Waals surface area contributed by atoms with Gasteiger partial charge in [-0.05, 0) is 37.1 Å². The zero-order valence-corrected chi connectivity index (χ0v) is 11.8. The molecule has 3 rings (SSSR count). The van der Waals surface area contributed by atoms with Crippen LogP contribution >= 0.6 is 0 Å². The fourth-order valence-corrected chi connectivity index (χ4v) is 2.51. The van der Waals surface area contributed by atoms with Crippen LogP contribution in [0.4, 0.5) is 5.69 Å². The Kier molecular flexibility index (Phi) is 3.77. The molecule has 3 nitrogen and oxygen atoms in total. The van der Waals surface area contributed by atoms with Gasteiger partial charge in [0.1, 0.15) is 0 Å². The first kappa shape index (κ1) is 12.9. The van der Waals surface area contributed by atoms with Crippen LogP contribution < -0.4 is 5.32 Å². The van der Waals surface area contributed by atoms with Crippen molar-refractivity contribution >= 4 is 22.8 Å². The van der Waals surface area contributed by atoms with E-state index in [1.807, 2.05) is 30.7 Å². The van der Waals surface area contributed by atoms with Crippen molar-refractivity contribution in [1.29, 1.82) is 0 Å². The minimum absolute atomic E-state index is 1.02. The van der Waals surface area contributed by atoms with Gasteiger partial charge in [-0.3, -0.25) is 9.98 Å². The molecule has 2 heterocycles. The van der Waals surface area contributed by atoms with Gasteiger partial charge in [-0.15, -0.1) is 0 Å². The third kappa shape index (κ3) is 2.57. The quantitative estimate of drug-likeness (QED) is 0.826. The Morgan fingerprint density at radius 1 is 1.15 bits per heavy atom. The molecule has 0 saturated carbocycles. The van der Waals surface area contributed by atoms with Crippen LogP contribution in [0.2, 0.25) is 0 Å². The SMILES string of the molecule is CCCCCC1=CN=Cc2ccc3ncccc3c2N1. The van der Waals surface area contributed by atoms with E-state index in [1.165, 1.54) is 25.0 Å². The van der Waals surface area contributed by atoms with E-state index in [4.69, 9.17) is 0 Å². The second-order valence-corrected chi connectivity index (χ2v) is 5.11. The monoisotopic (exact) mass is 265 g/mol. The highest BCUT2D eigenvalue weighted by molar-refractivity contribution is 6.03. The van der Waals surface area contributed by atoms with Gasteiger partial charge in [0, 0.05) is 35.3 Å². The molecule has 0 fully saturated rings. The minimum Gasteiger partial charge on any atom is -0.357 e. The summed E-state index contributed by atoms with van der Waals surface area (Å²) in [5, 5.41) is 4.71. The Morgan fingerprint density at radius 3 is 3.00 bits per heavy atom. The molecule has 2 aromatic rings. The molecule has 0 radical (unpaired) electrons. The van der Waals surface area contributed by atoms with Gasteiger partial charge in [0.2, 0.25) is 0 Å². The summed E-state index contributed by atoms with van der Waals surface area (Å²) in [6.45, 7) is 2.22. The second-order valence-electron chi connectivity index (χ2n) is 5.11. The predicted octanol–water partition coefficient (Wildman–Crippen LogP) is 4.50. The molecule has 0 spiro atoms. The molecule has 0 amide bonds. The van der Waals surface area contributed by atoms with Gasteiger partial charge in [-0.25, -0.2) is 0 Å². The molecule has 1 aromatic carbocycles. The third-order valence-electron chi connectivity index (χ3n) is 3.60. The van der Waals surface area contributed by atoms with Gasteiger partial charge in [0.05, 0.1) is 11.2 Å². The van der Waals surface area contributed by atoms with Crippen LogP contribution in [0.15, 0.2) is 47.4 Å². The Hall–Kier alpha value is -2.16. The first-order chi connectivity index (χ1) is 9.88. The number of aliphatic imine (C=N–C) groups is 1. The lowest BCUT2D eigenvalue weighted by Crippen LogP contribution is -2.02. The van der Waals surface area contributed by atoms with Crippen LogP contribution in [-0.2, 0) is 0 Å². The highest BCUT2D eigenvalue weighted by atomic mass is 14.9. The maximum atomic E-state index is 4.42. The number of aromatic nitrogens is 1. The molecule has 0 aliphatic carbocycles. The van der Waals surface area contributed by atoms with Crippen LogP contribution in [0.5, 0.6) is 0 Å². The van der Waals surface area contributed by atoms with Gasteiger partial charge in [-0.2, -0.15) is 0 Å². The van der Waals surface area contributed by atoms with Gasteiger partial charge >= 0.3 is 0 Å². The highest BCUT2D eigenvalue weighted by Crippen LogP contribution is 2.29. The van der Waals surface area contributed by atoms with E-state index in [2.05, 4.69) is 34.3 Å². The Balaban J connectivity index is 1.94. The number of unbranched alkanes of at least 4 members (excludes halogenated alkanes) is 2. The zero-order chi connectivity index (χ0) is 13.8. The molecule has 1 aliphatic rings. The lowest BCUT2D eigenvalue weighted by Gasteiger charge is -2.13. The molecule has 1 aliphatic heterocycles. The van der Waals surface area contributed by atoms with E-state index in [0.29, 0.717) is 0 Å². The minimum atomic E-state index is 1.02. The fourth-order valence-electron chi connectivity index (χ4n) is 2.51. The molecular formula is C17H19N3. The maximum absolute atomic E-state index is 4.42. The lowest BCUT2D eigenvalue weighted by atomic mass is 10.1. The number of rotatable bonds is 4. The highest BCUT2D eigenvalue weighted by Gasteiger charge is 2.10. The molecule has 3 heteroatoms. The third-order valence-corrected chi connectivity index (χ3v) is 3.60. The van der Waals surface area contributed by atoms with Crippen molar-refractivity contribution in [3.8, 4) is 0 Å². The summed E-state index contributed by atoms with van der Waals surface area (Å²) in [5.41, 5.74) is 4.44. The number of anilines is 1. The number of benzene rings is 1. The molecule has 1 aromatic heterocycles. The van der Waals surface area contributed by atoms with Crippen molar-refractivity contribution in [2.75, 3.05) is 5.32 Å². The van der Waals surface area contributed by atoms with E-state index < -0.39 is 0 Å². The van der Waals surface area contributed by atoms with Crippen molar-refractivity contribution in [3.05, 3.63) is 47.9 Å². The van der Waals surface area contributed by atoms with E-state index in [9.17, 15) is 0 Å². The maximum Gasteiger partial charge on any atom is 0.0723 e. The topological polar surface area (TPSA) is 37.3 Å². The second kappa shape index (κ2) is 5.87. The summed E-state index contributed by atoms with van der Waals surface area (Å²) < 4.78 is 0. The number of hydrogen-bond donors (Lipinski definition) is 1. The number of hydrogen-bond acceptors (Lipinski definition) is 3. The standard InChI is InChI=1S/C17H19N3/c1-2-3-4-6-14-12-18-11-13-8-9-16-15(17(13)20-14)7-5-10-19-16/h5,7-12,20H,2-4,6H2,1H3. The van der Waals surface area contributed by atoms with Crippen LogP contribution in [0.1, 0.15) is 38.2 Å². The molecule has 0 unspecified atom stereocenters. The van der Waals surface area contributed by atoms with E-state index in [-0.39, 0.29) is 0 Å². The van der Waals surface area contributed by atoms with Gasteiger partial charge in [0.25, 0.3) is 0 Å². The van der Waals surface area contributed by atoms with Crippen LogP contribution in [0.25, 0.3) is 10.9 Å². The molecule has 20 heavy (non-hydrogen) atoms. The van der Waals surface area contributed by atoms with E-state index in [0.717, 1.165) is 28.6 Å². The average Bonchev–Trinajstić information content (AvgIpc) is 2.69. The van der Waals surface area contributed by atoms with Crippen molar-refractivity contribution in [2.24, 2.45) is 4.99 Å². The summed E-state index contributed by atoms with van der Waals surface area (Å²) in [4.78, 5) is 8.83. The molecule has 0 saturated heterocycles. The number of pyridine rings is 1. The Morgan fingerprint density at radius 2 is 2.10 bits per heavy atom. The first-order valence-electron chi connectivity index (χ1n) is 7.25. The predicted molar refractivity (Wildman–Crippen MR) is 85.2 cm³/mol. The molecular weight excluding hydrogens is 246 g/mol. The normalized spacial score (nSPS) is 13.6. The van der Waals surface area contributed by atoms with Crippen molar-refractivity contribution in [3.63, 3.8) is 0 Å². The van der Waals surface area contributed by atoms with Gasteiger partial charge in [0.15, 0.2) is 0 Å². The van der Waals surface area contributed by atoms with E-state index >= 15 is 0 Å². The molecule has 1 N–H and O–H groups in total. The van der Waals surface area contributed by atoms with Crippen molar-refractivity contribution in [2.45, 2.75) is 32.6 Å². The number of allylic oxidation sites excluding steroid dienone is 1. The Labute approximate surface area is 119 Å². The molecule has 0 atom stereocenters. The smallest absolute Gasteiger partial charge is 0.0723 e. The van der Waals surface area contributed by atoms with Crippen LogP contribution in [-0.4, -0.2) is 11.2 Å². The molecule has 102 valence electrons. The number of nitrogens with zero attached hydrogens (tertiary/aromatic N) is 2. The number of nitrogens with one attached hydrogen (secondary N) is 1. The summed E-state index contributed by atoms with van der Waals surface area (Å²) in [7, 11) is 0. The summed E-state index contributed by atoms with van der Waals surface area (Å²) >= 11 is 0. The van der Waals surface area contributed by atoms with Gasteiger partial charge in [-0.1, -0.05) is 19.8 Å². The fraction of sp³-hybridized carbons (Fsp3) is 0.294. The largest absolute Gasteiger partial charge is 0.357 e. The van der Waals surface area contributed by atoms with Crippen molar-refractivity contribution in [1.82, 2.24) is 4.98 Å². The van der Waals surface area contributed by atoms with E-state index in [1.54, 1.807) is 0 Å². The first-order valence-corrected chi connectivity index (χ1v) is 7.25. The summed E-state index contributed by atoms with van der Waals surface area (Å²) in [5.74, 6) is 0. The number of fused-ring (bicyclic) bond motifs is 3. The Bertz CT molecular complexity index is 671. The average molecular weight is 265 g/mol. The zero-order valence-electron chi connectivity index (χ0n) is 11.8. The summed E-state index contributed by atoms with van der Waals surface area (Å²) in [6.07, 6.45) is 10.4.